The minimum atomic E-state index is -0.427. The zero-order chi connectivity index (χ0) is 13.2. The predicted molar refractivity (Wildman–Crippen MR) is 68.9 cm³/mol. The molecule has 0 saturated carbocycles. The highest BCUT2D eigenvalue weighted by atomic mass is 16.5. The average molecular weight is 245 g/mol. The summed E-state index contributed by atoms with van der Waals surface area (Å²) in [4.78, 5) is 13.9. The first-order chi connectivity index (χ1) is 8.76. The molecule has 1 aromatic rings. The Labute approximate surface area is 106 Å². The molecular weight excluding hydrogens is 230 g/mol. The van der Waals surface area contributed by atoms with Gasteiger partial charge in [-0.1, -0.05) is 41.5 Å². The van der Waals surface area contributed by atoms with Gasteiger partial charge in [-0.05, 0) is 24.4 Å². The Morgan fingerprint density at radius 1 is 1.50 bits per heavy atom. The van der Waals surface area contributed by atoms with Crippen molar-refractivity contribution in [2.45, 2.75) is 19.4 Å². The van der Waals surface area contributed by atoms with E-state index in [4.69, 9.17) is 10.3 Å². The molecule has 0 heterocycles. The van der Waals surface area contributed by atoms with Crippen LogP contribution < -0.4 is 0 Å². The first-order valence-corrected chi connectivity index (χ1v) is 5.69. The Balaban J connectivity index is 2.66. The van der Waals surface area contributed by atoms with Gasteiger partial charge in [0, 0.05) is 11.0 Å². The van der Waals surface area contributed by atoms with Gasteiger partial charge in [0.25, 0.3) is 0 Å². The molecular formula is C13H15N3O2. The maximum absolute atomic E-state index is 11.2. The molecule has 0 spiro atoms. The minimum Gasteiger partial charge on any atom is -0.463 e. The monoisotopic (exact) mass is 245 g/mol. The van der Waals surface area contributed by atoms with E-state index in [0.717, 1.165) is 5.56 Å². The first kappa shape index (κ1) is 13.8. The molecule has 1 atom stereocenters. The number of hydrogen-bond donors (Lipinski definition) is 0. The van der Waals surface area contributed by atoms with Gasteiger partial charge in [0.2, 0.25) is 0 Å². The lowest BCUT2D eigenvalue weighted by atomic mass is 10.1. The lowest BCUT2D eigenvalue weighted by Gasteiger charge is -2.05. The van der Waals surface area contributed by atoms with Crippen molar-refractivity contribution in [2.75, 3.05) is 6.61 Å². The van der Waals surface area contributed by atoms with Crippen molar-refractivity contribution in [3.05, 3.63) is 58.5 Å². The molecule has 1 aromatic carbocycles. The summed E-state index contributed by atoms with van der Waals surface area (Å²) in [5, 5.41) is 3.64. The maximum Gasteiger partial charge on any atom is 0.330 e. The van der Waals surface area contributed by atoms with E-state index in [9.17, 15) is 4.79 Å². The molecule has 0 radical (unpaired) electrons. The number of esters is 1. The lowest BCUT2D eigenvalue weighted by Crippen LogP contribution is -2.06. The van der Waals surface area contributed by atoms with Crippen molar-refractivity contribution in [3.8, 4) is 0 Å². The summed E-state index contributed by atoms with van der Waals surface area (Å²) in [6.45, 7) is 2.06. The van der Waals surface area contributed by atoms with Crippen LogP contribution >= 0.6 is 0 Å². The molecule has 0 aliphatic rings. The van der Waals surface area contributed by atoms with Crippen LogP contribution in [-0.4, -0.2) is 18.6 Å². The van der Waals surface area contributed by atoms with Crippen molar-refractivity contribution in [3.63, 3.8) is 0 Å². The number of carbonyl (C=O) groups is 1. The largest absolute Gasteiger partial charge is 0.463 e. The molecule has 1 unspecified atom stereocenters. The molecule has 94 valence electrons. The molecule has 0 bridgehead atoms. The summed E-state index contributed by atoms with van der Waals surface area (Å²) in [6, 6.07) is 9.24. The highest BCUT2D eigenvalue weighted by Crippen LogP contribution is 2.07. The fourth-order valence-corrected chi connectivity index (χ4v) is 1.45. The van der Waals surface area contributed by atoms with E-state index in [0.29, 0.717) is 13.0 Å². The topological polar surface area (TPSA) is 75.1 Å². The van der Waals surface area contributed by atoms with Crippen molar-refractivity contribution >= 4 is 5.97 Å². The van der Waals surface area contributed by atoms with E-state index in [1.165, 1.54) is 6.08 Å². The summed E-state index contributed by atoms with van der Waals surface area (Å²) in [6.07, 6.45) is 3.41. The molecule has 5 nitrogen and oxygen atoms in total. The molecule has 0 N–H and O–H groups in total. The Bertz CT molecular complexity index is 451. The molecule has 0 amide bonds. The second-order valence-corrected chi connectivity index (χ2v) is 3.57. The number of azide groups is 1. The van der Waals surface area contributed by atoms with E-state index in [2.05, 4.69) is 10.0 Å². The summed E-state index contributed by atoms with van der Waals surface area (Å²) < 4.78 is 4.76. The van der Waals surface area contributed by atoms with Crippen molar-refractivity contribution < 1.29 is 9.53 Å². The van der Waals surface area contributed by atoms with E-state index >= 15 is 0 Å². The van der Waals surface area contributed by atoms with Crippen LogP contribution in [-0.2, 0) is 16.0 Å². The van der Waals surface area contributed by atoms with Gasteiger partial charge in [-0.15, -0.1) is 0 Å². The molecule has 0 saturated heterocycles. The van der Waals surface area contributed by atoms with Crippen LogP contribution in [0.4, 0.5) is 0 Å². The van der Waals surface area contributed by atoms with Gasteiger partial charge in [0.1, 0.15) is 0 Å². The van der Waals surface area contributed by atoms with Gasteiger partial charge in [-0.25, -0.2) is 4.79 Å². The average Bonchev–Trinajstić information content (AvgIpc) is 2.38. The summed E-state index contributed by atoms with van der Waals surface area (Å²) in [5.41, 5.74) is 9.54. The van der Waals surface area contributed by atoms with Gasteiger partial charge < -0.3 is 4.74 Å². The number of nitrogens with zero attached hydrogens (tertiary/aromatic N) is 3. The Hall–Kier alpha value is -2.26. The third kappa shape index (κ3) is 5.18. The van der Waals surface area contributed by atoms with E-state index in [-0.39, 0.29) is 6.04 Å². The highest BCUT2D eigenvalue weighted by molar-refractivity contribution is 5.82. The summed E-state index contributed by atoms with van der Waals surface area (Å²) in [7, 11) is 0. The zero-order valence-corrected chi connectivity index (χ0v) is 10.2. The third-order valence-corrected chi connectivity index (χ3v) is 2.23. The highest BCUT2D eigenvalue weighted by Gasteiger charge is 2.04. The zero-order valence-electron chi connectivity index (χ0n) is 10.2. The van der Waals surface area contributed by atoms with Crippen LogP contribution in [0, 0.1) is 0 Å². The predicted octanol–water partition coefficient (Wildman–Crippen LogP) is 3.03. The van der Waals surface area contributed by atoms with Crippen LogP contribution in [0.5, 0.6) is 0 Å². The van der Waals surface area contributed by atoms with Gasteiger partial charge in [-0.2, -0.15) is 0 Å². The normalized spacial score (nSPS) is 11.8. The second-order valence-electron chi connectivity index (χ2n) is 3.57. The molecule has 0 fully saturated rings. The number of ether oxygens (including phenoxy) is 1. The van der Waals surface area contributed by atoms with Crippen molar-refractivity contribution in [1.29, 1.82) is 0 Å². The molecule has 0 aromatic heterocycles. The van der Waals surface area contributed by atoms with Gasteiger partial charge in [-0.3, -0.25) is 0 Å². The van der Waals surface area contributed by atoms with Crippen LogP contribution in [0.3, 0.4) is 0 Å². The van der Waals surface area contributed by atoms with E-state index < -0.39 is 5.97 Å². The number of hydrogen-bond acceptors (Lipinski definition) is 3. The molecule has 1 rings (SSSR count). The van der Waals surface area contributed by atoms with Crippen LogP contribution in [0.25, 0.3) is 10.4 Å². The summed E-state index contributed by atoms with van der Waals surface area (Å²) in [5.74, 6) is -0.427. The van der Waals surface area contributed by atoms with Gasteiger partial charge in [0.05, 0.1) is 12.6 Å². The fourth-order valence-electron chi connectivity index (χ4n) is 1.45. The minimum absolute atomic E-state index is 0.327. The molecule has 0 aliphatic carbocycles. The number of rotatable bonds is 6. The molecule has 18 heavy (non-hydrogen) atoms. The van der Waals surface area contributed by atoms with Crippen LogP contribution in [0.2, 0.25) is 0 Å². The third-order valence-electron chi connectivity index (χ3n) is 2.23. The Morgan fingerprint density at radius 3 is 2.83 bits per heavy atom. The van der Waals surface area contributed by atoms with Crippen molar-refractivity contribution in [2.24, 2.45) is 5.11 Å². The first-order valence-electron chi connectivity index (χ1n) is 5.69. The number of benzene rings is 1. The maximum atomic E-state index is 11.2. The fraction of sp³-hybridized carbons (Fsp3) is 0.308. The molecule has 5 heteroatoms. The second kappa shape index (κ2) is 7.92. The van der Waals surface area contributed by atoms with E-state index in [1.54, 1.807) is 13.0 Å². The van der Waals surface area contributed by atoms with Gasteiger partial charge in [0.15, 0.2) is 0 Å². The quantitative estimate of drug-likeness (QED) is 0.254. The number of carbonyl (C=O) groups excluding carboxylic acids is 1. The Morgan fingerprint density at radius 2 is 2.22 bits per heavy atom. The van der Waals surface area contributed by atoms with Crippen LogP contribution in [0.1, 0.15) is 12.5 Å². The smallest absolute Gasteiger partial charge is 0.330 e. The van der Waals surface area contributed by atoms with Gasteiger partial charge >= 0.3 is 5.97 Å². The lowest BCUT2D eigenvalue weighted by molar-refractivity contribution is -0.137. The summed E-state index contributed by atoms with van der Waals surface area (Å²) >= 11 is 0. The van der Waals surface area contributed by atoms with E-state index in [1.807, 2.05) is 30.3 Å². The Kier molecular flexibility index (Phi) is 6.08. The van der Waals surface area contributed by atoms with Crippen molar-refractivity contribution in [1.82, 2.24) is 0 Å². The SMILES string of the molecule is CCOC(=O)/C=C/C(Cc1ccccc1)N=[N+]=[N-]. The standard InChI is InChI=1S/C13H15N3O2/c1-2-18-13(17)9-8-12(15-16-14)10-11-6-4-3-5-7-11/h3-9,12H,2,10H2,1H3/b9-8+. The van der Waals surface area contributed by atoms with Crippen LogP contribution in [0.15, 0.2) is 47.6 Å². The molecule has 0 aliphatic heterocycles.